The molecule has 2 atom stereocenters. The molecule has 36 heavy (non-hydrogen) atoms. The van der Waals surface area contributed by atoms with Crippen LogP contribution in [0.2, 0.25) is 0 Å². The number of hydrogen-bond acceptors (Lipinski definition) is 6. The standard InChI is InChI=1S/C25H35N5O6/c1-17(2)13-19(24(35)27-11-6-12-30-22(33)9-10-23(30)34)29-25(36)20(28-21(32)15-26-16-31)14-18-7-4-3-5-8-18/h3-5,7-8,16-17,19-20H,6,9-15H2,1-2H3,(H,26,31)(H,27,35)(H,28,32)(H,29,36)/t19-,20-/m0/s1. The van der Waals surface area contributed by atoms with Gasteiger partial charge in [0.15, 0.2) is 0 Å². The van der Waals surface area contributed by atoms with Gasteiger partial charge in [0.05, 0.1) is 6.54 Å². The maximum atomic E-state index is 13.2. The van der Waals surface area contributed by atoms with E-state index in [-0.39, 0.29) is 62.5 Å². The summed E-state index contributed by atoms with van der Waals surface area (Å²) in [6.45, 7) is 4.04. The van der Waals surface area contributed by atoms with Crippen molar-refractivity contribution < 1.29 is 28.8 Å². The van der Waals surface area contributed by atoms with E-state index in [1.54, 1.807) is 0 Å². The molecule has 0 aliphatic carbocycles. The van der Waals surface area contributed by atoms with Crippen LogP contribution in [-0.4, -0.2) is 72.6 Å². The fourth-order valence-corrected chi connectivity index (χ4v) is 3.86. The molecule has 0 radical (unpaired) electrons. The number of carbonyl (C=O) groups is 6. The highest BCUT2D eigenvalue weighted by atomic mass is 16.2. The molecule has 11 heteroatoms. The molecule has 6 amide bonds. The molecule has 11 nitrogen and oxygen atoms in total. The van der Waals surface area contributed by atoms with Gasteiger partial charge in [0, 0.05) is 32.4 Å². The average molecular weight is 502 g/mol. The lowest BCUT2D eigenvalue weighted by atomic mass is 10.0. The summed E-state index contributed by atoms with van der Waals surface area (Å²) in [5.74, 6) is -1.75. The maximum absolute atomic E-state index is 13.2. The van der Waals surface area contributed by atoms with Crippen molar-refractivity contribution >= 4 is 35.9 Å². The smallest absolute Gasteiger partial charge is 0.243 e. The van der Waals surface area contributed by atoms with E-state index in [9.17, 15) is 28.8 Å². The van der Waals surface area contributed by atoms with E-state index in [1.807, 2.05) is 44.2 Å². The van der Waals surface area contributed by atoms with Crippen molar-refractivity contribution in [2.75, 3.05) is 19.6 Å². The van der Waals surface area contributed by atoms with E-state index in [0.29, 0.717) is 19.3 Å². The van der Waals surface area contributed by atoms with Crippen molar-refractivity contribution in [3.05, 3.63) is 35.9 Å². The number of carbonyl (C=O) groups excluding carboxylic acids is 6. The monoisotopic (exact) mass is 501 g/mol. The van der Waals surface area contributed by atoms with Crippen LogP contribution in [0.25, 0.3) is 0 Å². The third-order valence-corrected chi connectivity index (χ3v) is 5.63. The molecule has 4 N–H and O–H groups in total. The number of imide groups is 1. The molecular weight excluding hydrogens is 466 g/mol. The Labute approximate surface area is 210 Å². The summed E-state index contributed by atoms with van der Waals surface area (Å²) in [6, 6.07) is 7.33. The lowest BCUT2D eigenvalue weighted by molar-refractivity contribution is -0.138. The van der Waals surface area contributed by atoms with Crippen molar-refractivity contribution in [3.63, 3.8) is 0 Å². The van der Waals surface area contributed by atoms with Crippen LogP contribution in [0.5, 0.6) is 0 Å². The molecule has 0 spiro atoms. The van der Waals surface area contributed by atoms with Crippen LogP contribution in [0.4, 0.5) is 0 Å². The highest BCUT2D eigenvalue weighted by Crippen LogP contribution is 2.12. The van der Waals surface area contributed by atoms with Crippen molar-refractivity contribution in [2.45, 2.75) is 58.0 Å². The Kier molecular flexibility index (Phi) is 11.5. The van der Waals surface area contributed by atoms with Crippen molar-refractivity contribution in [1.29, 1.82) is 0 Å². The highest BCUT2D eigenvalue weighted by Gasteiger charge is 2.29. The second kappa shape index (κ2) is 14.6. The van der Waals surface area contributed by atoms with Gasteiger partial charge in [-0.15, -0.1) is 0 Å². The molecule has 1 aliphatic rings. The van der Waals surface area contributed by atoms with Gasteiger partial charge < -0.3 is 21.3 Å². The zero-order valence-corrected chi connectivity index (χ0v) is 20.7. The van der Waals surface area contributed by atoms with Gasteiger partial charge in [0.25, 0.3) is 0 Å². The van der Waals surface area contributed by atoms with Crippen LogP contribution >= 0.6 is 0 Å². The number of rotatable bonds is 15. The second-order valence-corrected chi connectivity index (χ2v) is 9.08. The Hall–Kier alpha value is -3.76. The maximum Gasteiger partial charge on any atom is 0.243 e. The number of nitrogens with one attached hydrogen (secondary N) is 4. The predicted molar refractivity (Wildman–Crippen MR) is 131 cm³/mol. The summed E-state index contributed by atoms with van der Waals surface area (Å²) < 4.78 is 0. The van der Waals surface area contributed by atoms with E-state index in [2.05, 4.69) is 21.3 Å². The van der Waals surface area contributed by atoms with Crippen molar-refractivity contribution in [1.82, 2.24) is 26.2 Å². The summed E-state index contributed by atoms with van der Waals surface area (Å²) in [6.07, 6.45) is 1.82. The Morgan fingerprint density at radius 2 is 1.64 bits per heavy atom. The van der Waals surface area contributed by atoms with Crippen molar-refractivity contribution in [3.8, 4) is 0 Å². The molecule has 1 saturated heterocycles. The van der Waals surface area contributed by atoms with E-state index in [1.165, 1.54) is 4.90 Å². The molecule has 0 aromatic heterocycles. The number of likely N-dealkylation sites (tertiary alicyclic amines) is 1. The lowest BCUT2D eigenvalue weighted by Crippen LogP contribution is -2.55. The first-order valence-electron chi connectivity index (χ1n) is 12.1. The Morgan fingerprint density at radius 3 is 2.25 bits per heavy atom. The van der Waals surface area contributed by atoms with Gasteiger partial charge in [0.1, 0.15) is 12.1 Å². The first-order chi connectivity index (χ1) is 17.2. The van der Waals surface area contributed by atoms with Crippen LogP contribution in [0.15, 0.2) is 30.3 Å². The minimum Gasteiger partial charge on any atom is -0.354 e. The Bertz CT molecular complexity index is 920. The van der Waals surface area contributed by atoms with Gasteiger partial charge in [0.2, 0.25) is 35.9 Å². The lowest BCUT2D eigenvalue weighted by Gasteiger charge is -2.24. The van der Waals surface area contributed by atoms with Crippen LogP contribution in [-0.2, 0) is 35.2 Å². The van der Waals surface area contributed by atoms with Gasteiger partial charge in [-0.3, -0.25) is 33.7 Å². The third kappa shape index (κ3) is 9.47. The molecule has 1 aromatic rings. The SMILES string of the molecule is CC(C)C[C@H](NC(=O)[C@H](Cc1ccccc1)NC(=O)CNC=O)C(=O)NCCCN1C(=O)CCC1=O. The van der Waals surface area contributed by atoms with Gasteiger partial charge in [-0.25, -0.2) is 0 Å². The summed E-state index contributed by atoms with van der Waals surface area (Å²) in [5.41, 5.74) is 0.817. The summed E-state index contributed by atoms with van der Waals surface area (Å²) in [4.78, 5) is 73.4. The fourth-order valence-electron chi connectivity index (χ4n) is 3.86. The van der Waals surface area contributed by atoms with Gasteiger partial charge in [-0.05, 0) is 24.3 Å². The normalized spacial score (nSPS) is 14.8. The number of amides is 6. The molecule has 1 aliphatic heterocycles. The van der Waals surface area contributed by atoms with E-state index < -0.39 is 23.9 Å². The molecule has 2 rings (SSSR count). The van der Waals surface area contributed by atoms with E-state index >= 15 is 0 Å². The van der Waals surface area contributed by atoms with Crippen LogP contribution in [0, 0.1) is 5.92 Å². The molecule has 1 aromatic carbocycles. The molecule has 1 heterocycles. The van der Waals surface area contributed by atoms with Gasteiger partial charge in [-0.2, -0.15) is 0 Å². The molecular formula is C25H35N5O6. The van der Waals surface area contributed by atoms with Crippen LogP contribution in [0.3, 0.4) is 0 Å². The van der Waals surface area contributed by atoms with E-state index in [4.69, 9.17) is 0 Å². The number of benzene rings is 1. The largest absolute Gasteiger partial charge is 0.354 e. The second-order valence-electron chi connectivity index (χ2n) is 9.08. The Balaban J connectivity index is 1.99. The third-order valence-electron chi connectivity index (χ3n) is 5.63. The number of nitrogens with zero attached hydrogens (tertiary/aromatic N) is 1. The minimum atomic E-state index is -0.956. The molecule has 0 unspecified atom stereocenters. The average Bonchev–Trinajstić information content (AvgIpc) is 3.16. The van der Waals surface area contributed by atoms with Crippen molar-refractivity contribution in [2.24, 2.45) is 5.92 Å². The fraction of sp³-hybridized carbons (Fsp3) is 0.520. The Morgan fingerprint density at radius 1 is 0.972 bits per heavy atom. The quantitative estimate of drug-likeness (QED) is 0.146. The minimum absolute atomic E-state index is 0.0971. The summed E-state index contributed by atoms with van der Waals surface area (Å²) >= 11 is 0. The topological polar surface area (TPSA) is 154 Å². The highest BCUT2D eigenvalue weighted by molar-refractivity contribution is 6.01. The first-order valence-corrected chi connectivity index (χ1v) is 12.1. The predicted octanol–water partition coefficient (Wildman–Crippen LogP) is -0.354. The van der Waals surface area contributed by atoms with Crippen LogP contribution in [0.1, 0.15) is 45.1 Å². The van der Waals surface area contributed by atoms with Gasteiger partial charge in [-0.1, -0.05) is 44.2 Å². The number of hydrogen-bond donors (Lipinski definition) is 4. The first kappa shape index (κ1) is 28.5. The molecule has 196 valence electrons. The summed E-state index contributed by atoms with van der Waals surface area (Å²) in [7, 11) is 0. The van der Waals surface area contributed by atoms with Crippen LogP contribution < -0.4 is 21.3 Å². The molecule has 1 fully saturated rings. The zero-order chi connectivity index (χ0) is 26.5. The zero-order valence-electron chi connectivity index (χ0n) is 20.7. The molecule has 0 bridgehead atoms. The van der Waals surface area contributed by atoms with E-state index in [0.717, 1.165) is 5.56 Å². The van der Waals surface area contributed by atoms with Gasteiger partial charge >= 0.3 is 0 Å². The molecule has 0 saturated carbocycles. The summed E-state index contributed by atoms with van der Waals surface area (Å²) in [5, 5.41) is 10.4.